The number of H-pyrrole nitrogens is 1. The van der Waals surface area contributed by atoms with Gasteiger partial charge in [0.15, 0.2) is 0 Å². The molecule has 1 fully saturated rings. The number of nitrogens with one attached hydrogen (secondary N) is 4. The van der Waals surface area contributed by atoms with Crippen LogP contribution in [0.15, 0.2) is 83.9 Å². The highest BCUT2D eigenvalue weighted by Gasteiger charge is 2.27. The van der Waals surface area contributed by atoms with Gasteiger partial charge < -0.3 is 14.6 Å². The van der Waals surface area contributed by atoms with Crippen LogP contribution >= 0.6 is 0 Å². The number of hydrazine groups is 1. The van der Waals surface area contributed by atoms with Gasteiger partial charge in [0.1, 0.15) is 6.04 Å². The van der Waals surface area contributed by atoms with E-state index in [1.807, 2.05) is 43.3 Å². The molecule has 10 nitrogen and oxygen atoms in total. The minimum atomic E-state index is -4.03. The van der Waals surface area contributed by atoms with Crippen molar-refractivity contribution in [3.63, 3.8) is 0 Å². The van der Waals surface area contributed by atoms with E-state index in [0.29, 0.717) is 18.8 Å². The molecular formula is C29H31N5O5S. The number of nitrogens with zero attached hydrogens (tertiary/aromatic N) is 1. The number of aromatic nitrogens is 1. The second-order valence-corrected chi connectivity index (χ2v) is 11.4. The predicted molar refractivity (Wildman–Crippen MR) is 152 cm³/mol. The van der Waals surface area contributed by atoms with Crippen LogP contribution in [0.25, 0.3) is 10.9 Å². The highest BCUT2D eigenvalue weighted by Crippen LogP contribution is 2.20. The summed E-state index contributed by atoms with van der Waals surface area (Å²) in [6, 6.07) is 19.7. The van der Waals surface area contributed by atoms with Crippen molar-refractivity contribution in [2.24, 2.45) is 0 Å². The lowest BCUT2D eigenvalue weighted by Gasteiger charge is -2.28. The minimum absolute atomic E-state index is 0.0409. The van der Waals surface area contributed by atoms with E-state index in [2.05, 4.69) is 25.5 Å². The van der Waals surface area contributed by atoms with Gasteiger partial charge in [0, 0.05) is 41.4 Å². The Morgan fingerprint density at radius 1 is 0.950 bits per heavy atom. The molecule has 1 saturated heterocycles. The number of benzene rings is 3. The van der Waals surface area contributed by atoms with Crippen LogP contribution in [0.4, 0.5) is 5.69 Å². The van der Waals surface area contributed by atoms with Crippen LogP contribution in [0, 0.1) is 6.92 Å². The molecule has 4 aromatic rings. The quantitative estimate of drug-likeness (QED) is 0.245. The third kappa shape index (κ3) is 6.33. The molecule has 1 aliphatic rings. The Morgan fingerprint density at radius 2 is 1.65 bits per heavy atom. The number of para-hydroxylation sites is 1. The monoisotopic (exact) mass is 561 g/mol. The first-order chi connectivity index (χ1) is 19.3. The number of hydrogen-bond acceptors (Lipinski definition) is 6. The van der Waals surface area contributed by atoms with E-state index >= 15 is 0 Å². The SMILES string of the molecule is Cc1ccc(S(=O)(=O)NC(Cc2c[nH]c3ccccc23)C(=O)NNC(=O)c2ccc(N3CCOCC3)cc2)cc1. The fourth-order valence-electron chi connectivity index (χ4n) is 4.60. The summed E-state index contributed by atoms with van der Waals surface area (Å²) in [4.78, 5) is 31.4. The Hall–Kier alpha value is -4.19. The minimum Gasteiger partial charge on any atom is -0.378 e. The molecule has 11 heteroatoms. The van der Waals surface area contributed by atoms with Gasteiger partial charge in [-0.2, -0.15) is 4.72 Å². The molecule has 5 rings (SSSR count). The van der Waals surface area contributed by atoms with Crippen LogP contribution in [-0.2, 0) is 26.0 Å². The number of carbonyl (C=O) groups is 2. The molecule has 1 unspecified atom stereocenters. The third-order valence-corrected chi connectivity index (χ3v) is 8.34. The van der Waals surface area contributed by atoms with Gasteiger partial charge in [0.25, 0.3) is 11.8 Å². The van der Waals surface area contributed by atoms with Gasteiger partial charge >= 0.3 is 0 Å². The summed E-state index contributed by atoms with van der Waals surface area (Å²) in [6.07, 6.45) is 1.81. The molecule has 2 amide bonds. The molecule has 208 valence electrons. The van der Waals surface area contributed by atoms with Gasteiger partial charge in [0.05, 0.1) is 18.1 Å². The third-order valence-electron chi connectivity index (χ3n) is 6.85. The van der Waals surface area contributed by atoms with E-state index < -0.39 is 27.9 Å². The number of aryl methyl sites for hydroxylation is 1. The molecule has 1 aromatic heterocycles. The van der Waals surface area contributed by atoms with Gasteiger partial charge in [-0.25, -0.2) is 8.42 Å². The molecule has 0 aliphatic carbocycles. The molecule has 0 bridgehead atoms. The molecule has 1 aliphatic heterocycles. The largest absolute Gasteiger partial charge is 0.378 e. The maximum absolute atomic E-state index is 13.3. The fourth-order valence-corrected chi connectivity index (χ4v) is 5.80. The van der Waals surface area contributed by atoms with Crippen molar-refractivity contribution in [2.75, 3.05) is 31.2 Å². The predicted octanol–water partition coefficient (Wildman–Crippen LogP) is 2.66. The van der Waals surface area contributed by atoms with Crippen LogP contribution in [0.2, 0.25) is 0 Å². The number of aromatic amines is 1. The summed E-state index contributed by atoms with van der Waals surface area (Å²) in [6.45, 7) is 4.72. The number of morpholine rings is 1. The van der Waals surface area contributed by atoms with Crippen molar-refractivity contribution >= 4 is 38.4 Å². The summed E-state index contributed by atoms with van der Waals surface area (Å²) in [5, 5.41) is 0.874. The molecule has 2 heterocycles. The Morgan fingerprint density at radius 3 is 2.38 bits per heavy atom. The first-order valence-electron chi connectivity index (χ1n) is 13.0. The number of rotatable bonds is 8. The van der Waals surface area contributed by atoms with Gasteiger partial charge in [0.2, 0.25) is 10.0 Å². The lowest BCUT2D eigenvalue weighted by Crippen LogP contribution is -2.53. The molecule has 1 atom stereocenters. The van der Waals surface area contributed by atoms with Gasteiger partial charge in [-0.3, -0.25) is 20.4 Å². The van der Waals surface area contributed by atoms with Gasteiger partial charge in [-0.1, -0.05) is 35.9 Å². The highest BCUT2D eigenvalue weighted by molar-refractivity contribution is 7.89. The Labute approximate surface area is 232 Å². The van der Waals surface area contributed by atoms with E-state index in [0.717, 1.165) is 40.8 Å². The molecule has 0 saturated carbocycles. The van der Waals surface area contributed by atoms with E-state index in [9.17, 15) is 18.0 Å². The zero-order valence-electron chi connectivity index (χ0n) is 22.0. The van der Waals surface area contributed by atoms with Crippen LogP contribution in [0.1, 0.15) is 21.5 Å². The number of amides is 2. The number of ether oxygens (including phenoxy) is 1. The number of carbonyl (C=O) groups excluding carboxylic acids is 2. The molecule has 0 spiro atoms. The average Bonchev–Trinajstić information content (AvgIpc) is 3.38. The van der Waals surface area contributed by atoms with Gasteiger partial charge in [-0.05, 0) is 61.4 Å². The summed E-state index contributed by atoms with van der Waals surface area (Å²) in [5.74, 6) is -1.21. The number of sulfonamides is 1. The molecular weight excluding hydrogens is 530 g/mol. The second kappa shape index (κ2) is 11.9. The fraction of sp³-hybridized carbons (Fsp3) is 0.241. The van der Waals surface area contributed by atoms with Crippen molar-refractivity contribution in [1.29, 1.82) is 0 Å². The Balaban J connectivity index is 1.30. The molecule has 0 radical (unpaired) electrons. The van der Waals surface area contributed by atoms with Crippen LogP contribution < -0.4 is 20.5 Å². The topological polar surface area (TPSA) is 133 Å². The Bertz CT molecular complexity index is 1590. The maximum Gasteiger partial charge on any atom is 0.269 e. The standard InChI is InChI=1S/C29H31N5O5S/c1-20-6-12-24(13-7-20)40(37,38)33-27(18-22-19-30-26-5-3-2-4-25(22)26)29(36)32-31-28(35)21-8-10-23(11-9-21)34-14-16-39-17-15-34/h2-13,19,27,30,33H,14-18H2,1H3,(H,31,35)(H,32,36). The normalized spacial score (nSPS) is 14.6. The van der Waals surface area contributed by atoms with Gasteiger partial charge in [-0.15, -0.1) is 0 Å². The Kier molecular flexibility index (Phi) is 8.15. The van der Waals surface area contributed by atoms with Crippen molar-refractivity contribution < 1.29 is 22.7 Å². The molecule has 3 aromatic carbocycles. The smallest absolute Gasteiger partial charge is 0.269 e. The van der Waals surface area contributed by atoms with Crippen molar-refractivity contribution in [2.45, 2.75) is 24.3 Å². The van der Waals surface area contributed by atoms with Crippen LogP contribution in [-0.4, -0.2) is 57.6 Å². The molecule has 4 N–H and O–H groups in total. The number of fused-ring (bicyclic) bond motifs is 1. The summed E-state index contributed by atoms with van der Waals surface area (Å²) in [5.41, 5.74) is 8.68. The van der Waals surface area contributed by atoms with Crippen molar-refractivity contribution in [3.8, 4) is 0 Å². The average molecular weight is 562 g/mol. The van der Waals surface area contributed by atoms with E-state index in [1.54, 1.807) is 30.5 Å². The van der Waals surface area contributed by atoms with Crippen LogP contribution in [0.3, 0.4) is 0 Å². The van der Waals surface area contributed by atoms with Crippen molar-refractivity contribution in [3.05, 3.63) is 95.7 Å². The van der Waals surface area contributed by atoms with E-state index in [-0.39, 0.29) is 11.3 Å². The first kappa shape index (κ1) is 27.4. The van der Waals surface area contributed by atoms with Crippen molar-refractivity contribution in [1.82, 2.24) is 20.6 Å². The summed E-state index contributed by atoms with van der Waals surface area (Å²) < 4.78 is 34.2. The zero-order valence-corrected chi connectivity index (χ0v) is 22.8. The van der Waals surface area contributed by atoms with E-state index in [1.165, 1.54) is 12.1 Å². The van der Waals surface area contributed by atoms with Crippen LogP contribution in [0.5, 0.6) is 0 Å². The highest BCUT2D eigenvalue weighted by atomic mass is 32.2. The molecule has 40 heavy (non-hydrogen) atoms. The number of anilines is 1. The lowest BCUT2D eigenvalue weighted by atomic mass is 10.1. The number of hydrogen-bond donors (Lipinski definition) is 4. The summed E-state index contributed by atoms with van der Waals surface area (Å²) >= 11 is 0. The summed E-state index contributed by atoms with van der Waals surface area (Å²) in [7, 11) is -4.03. The van der Waals surface area contributed by atoms with E-state index in [4.69, 9.17) is 4.74 Å². The first-order valence-corrected chi connectivity index (χ1v) is 14.5. The maximum atomic E-state index is 13.3. The zero-order chi connectivity index (χ0) is 28.1. The lowest BCUT2D eigenvalue weighted by molar-refractivity contribution is -0.123. The second-order valence-electron chi connectivity index (χ2n) is 9.64.